The quantitative estimate of drug-likeness (QED) is 0.727. The number of aromatic nitrogens is 3. The summed E-state index contributed by atoms with van der Waals surface area (Å²) in [5.41, 5.74) is 2.93. The summed E-state index contributed by atoms with van der Waals surface area (Å²) in [5.74, 6) is 1.63. The van der Waals surface area contributed by atoms with Crippen molar-refractivity contribution in [3.63, 3.8) is 0 Å². The first-order chi connectivity index (χ1) is 13.6. The Bertz CT molecular complexity index is 1060. The minimum atomic E-state index is 0.166. The van der Waals surface area contributed by atoms with Crippen LogP contribution in [0.2, 0.25) is 0 Å². The monoisotopic (exact) mass is 393 g/mol. The van der Waals surface area contributed by atoms with Gasteiger partial charge in [-0.1, -0.05) is 6.07 Å². The average molecular weight is 394 g/mol. The van der Waals surface area contributed by atoms with Crippen LogP contribution in [0.4, 0.5) is 5.82 Å². The normalized spacial score (nSPS) is 20.9. The largest absolute Gasteiger partial charge is 0.364 e. The Morgan fingerprint density at radius 3 is 2.93 bits per heavy atom. The van der Waals surface area contributed by atoms with E-state index in [9.17, 15) is 4.79 Å². The number of thiophene rings is 1. The second kappa shape index (κ2) is 6.81. The molecule has 1 N–H and O–H groups in total. The van der Waals surface area contributed by atoms with Gasteiger partial charge in [0.1, 0.15) is 17.0 Å². The Hall–Kier alpha value is -2.54. The number of aryl methyl sites for hydroxylation is 2. The minimum Gasteiger partial charge on any atom is -0.364 e. The minimum absolute atomic E-state index is 0.166. The molecule has 2 atom stereocenters. The van der Waals surface area contributed by atoms with Crippen LogP contribution in [-0.2, 0) is 6.54 Å². The fourth-order valence-corrected chi connectivity index (χ4v) is 5.69. The van der Waals surface area contributed by atoms with Crippen molar-refractivity contribution in [2.45, 2.75) is 45.7 Å². The first-order valence-electron chi connectivity index (χ1n) is 9.81. The maximum atomic E-state index is 13.2. The number of fused-ring (bicyclic) bond motifs is 3. The number of anilines is 1. The maximum Gasteiger partial charge on any atom is 0.264 e. The van der Waals surface area contributed by atoms with E-state index in [1.807, 2.05) is 32.0 Å². The van der Waals surface area contributed by atoms with Crippen LogP contribution in [0.25, 0.3) is 10.2 Å². The number of nitrogens with zero attached hydrogens (tertiary/aromatic N) is 4. The molecule has 3 aromatic heterocycles. The molecule has 28 heavy (non-hydrogen) atoms. The number of hydrogen-bond acceptors (Lipinski definition) is 6. The second-order valence-corrected chi connectivity index (χ2v) is 8.87. The third-order valence-electron chi connectivity index (χ3n) is 5.97. The van der Waals surface area contributed by atoms with Gasteiger partial charge < -0.3 is 10.2 Å². The summed E-state index contributed by atoms with van der Waals surface area (Å²) in [7, 11) is 0. The molecule has 144 valence electrons. The van der Waals surface area contributed by atoms with Gasteiger partial charge in [-0.05, 0) is 56.7 Å². The van der Waals surface area contributed by atoms with Crippen LogP contribution < -0.4 is 5.32 Å². The Labute approximate surface area is 168 Å². The van der Waals surface area contributed by atoms with E-state index in [1.165, 1.54) is 24.2 Å². The van der Waals surface area contributed by atoms with E-state index in [0.717, 1.165) is 50.8 Å². The van der Waals surface area contributed by atoms with Gasteiger partial charge >= 0.3 is 0 Å². The standard InChI is InChI=1S/C21H23N5OS/c1-12-4-3-5-15(25-12)9-22-19-17-13(2)18(28-20(17)24-11-23-19)21(27)26-10-14-6-7-16(26)8-14/h3-5,11,14,16H,6-10H2,1-2H3,(H,22,23,24)/t14-,16+/m0/s1. The van der Waals surface area contributed by atoms with Crippen molar-refractivity contribution >= 4 is 33.3 Å². The first-order valence-corrected chi connectivity index (χ1v) is 10.6. The molecule has 1 amide bonds. The molecular weight excluding hydrogens is 370 g/mol. The zero-order valence-electron chi connectivity index (χ0n) is 16.1. The molecule has 1 saturated carbocycles. The molecule has 2 bridgehead atoms. The van der Waals surface area contributed by atoms with E-state index in [2.05, 4.69) is 25.2 Å². The molecule has 0 radical (unpaired) electrons. The van der Waals surface area contributed by atoms with Crippen LogP contribution in [0.5, 0.6) is 0 Å². The Balaban J connectivity index is 1.44. The molecule has 1 saturated heterocycles. The highest BCUT2D eigenvalue weighted by molar-refractivity contribution is 7.20. The summed E-state index contributed by atoms with van der Waals surface area (Å²) in [5, 5.41) is 4.34. The number of carbonyl (C=O) groups excluding carboxylic acids is 1. The van der Waals surface area contributed by atoms with Crippen LogP contribution in [0.3, 0.4) is 0 Å². The maximum absolute atomic E-state index is 13.2. The lowest BCUT2D eigenvalue weighted by Gasteiger charge is -2.26. The lowest BCUT2D eigenvalue weighted by molar-refractivity contribution is 0.0708. The Morgan fingerprint density at radius 1 is 1.29 bits per heavy atom. The molecule has 0 spiro atoms. The lowest BCUT2D eigenvalue weighted by Crippen LogP contribution is -2.37. The molecule has 1 aliphatic heterocycles. The van der Waals surface area contributed by atoms with Crippen LogP contribution in [0.15, 0.2) is 24.5 Å². The van der Waals surface area contributed by atoms with E-state index in [0.29, 0.717) is 18.5 Å². The van der Waals surface area contributed by atoms with Gasteiger partial charge in [-0.2, -0.15) is 0 Å². The smallest absolute Gasteiger partial charge is 0.264 e. The van der Waals surface area contributed by atoms with E-state index in [4.69, 9.17) is 0 Å². The molecule has 2 aliphatic rings. The van der Waals surface area contributed by atoms with Crippen LogP contribution in [0.1, 0.15) is 45.9 Å². The first kappa shape index (κ1) is 17.6. The average Bonchev–Trinajstić information content (AvgIpc) is 3.41. The van der Waals surface area contributed by atoms with Crippen LogP contribution in [-0.4, -0.2) is 38.3 Å². The summed E-state index contributed by atoms with van der Waals surface area (Å²) >= 11 is 1.49. The second-order valence-electron chi connectivity index (χ2n) is 7.87. The number of likely N-dealkylation sites (tertiary alicyclic amines) is 1. The SMILES string of the molecule is Cc1cccc(CNc2ncnc3sc(C(=O)N4C[C@H]5CC[C@@H]4C5)c(C)c23)n1. The highest BCUT2D eigenvalue weighted by Crippen LogP contribution is 2.40. The van der Waals surface area contributed by atoms with Gasteiger partial charge in [0.25, 0.3) is 5.91 Å². The van der Waals surface area contributed by atoms with Crippen molar-refractivity contribution in [2.75, 3.05) is 11.9 Å². The third-order valence-corrected chi connectivity index (χ3v) is 7.16. The van der Waals surface area contributed by atoms with Crippen molar-refractivity contribution in [3.8, 4) is 0 Å². The van der Waals surface area contributed by atoms with Crippen LogP contribution >= 0.6 is 11.3 Å². The summed E-state index contributed by atoms with van der Waals surface area (Å²) in [6.45, 7) is 5.49. The Morgan fingerprint density at radius 2 is 2.18 bits per heavy atom. The molecule has 4 heterocycles. The van der Waals surface area contributed by atoms with E-state index < -0.39 is 0 Å². The number of rotatable bonds is 4. The molecule has 7 heteroatoms. The fourth-order valence-electron chi connectivity index (χ4n) is 4.59. The lowest BCUT2D eigenvalue weighted by atomic mass is 10.1. The molecule has 1 aliphatic carbocycles. The fraction of sp³-hybridized carbons (Fsp3) is 0.429. The summed E-state index contributed by atoms with van der Waals surface area (Å²) in [6, 6.07) is 6.41. The topological polar surface area (TPSA) is 71.0 Å². The number of nitrogens with one attached hydrogen (secondary N) is 1. The highest BCUT2D eigenvalue weighted by atomic mass is 32.1. The Kier molecular flexibility index (Phi) is 4.27. The molecule has 5 rings (SSSR count). The zero-order valence-corrected chi connectivity index (χ0v) is 16.9. The van der Waals surface area contributed by atoms with Crippen molar-refractivity contribution in [3.05, 3.63) is 46.4 Å². The summed E-state index contributed by atoms with van der Waals surface area (Å²) in [6.07, 6.45) is 5.16. The van der Waals surface area contributed by atoms with Crippen molar-refractivity contribution < 1.29 is 4.79 Å². The van der Waals surface area contributed by atoms with Gasteiger partial charge in [0.15, 0.2) is 0 Å². The van der Waals surface area contributed by atoms with Crippen molar-refractivity contribution in [1.29, 1.82) is 0 Å². The van der Waals surface area contributed by atoms with E-state index in [-0.39, 0.29) is 5.91 Å². The number of pyridine rings is 1. The summed E-state index contributed by atoms with van der Waals surface area (Å²) < 4.78 is 0. The van der Waals surface area contributed by atoms with E-state index >= 15 is 0 Å². The molecule has 0 aromatic carbocycles. The predicted molar refractivity (Wildman–Crippen MR) is 111 cm³/mol. The zero-order chi connectivity index (χ0) is 19.3. The predicted octanol–water partition coefficient (Wildman–Crippen LogP) is 3.94. The highest BCUT2D eigenvalue weighted by Gasteiger charge is 2.41. The molecular formula is C21H23N5OS. The van der Waals surface area contributed by atoms with Gasteiger partial charge in [-0.3, -0.25) is 9.78 Å². The molecule has 2 fully saturated rings. The van der Waals surface area contributed by atoms with Gasteiger partial charge in [0.2, 0.25) is 0 Å². The number of carbonyl (C=O) groups is 1. The third kappa shape index (κ3) is 2.94. The molecule has 6 nitrogen and oxygen atoms in total. The van der Waals surface area contributed by atoms with E-state index in [1.54, 1.807) is 6.33 Å². The van der Waals surface area contributed by atoms with Crippen molar-refractivity contribution in [2.24, 2.45) is 5.92 Å². The van der Waals surface area contributed by atoms with Gasteiger partial charge in [0.05, 0.1) is 22.5 Å². The summed E-state index contributed by atoms with van der Waals surface area (Å²) in [4.78, 5) is 30.4. The van der Waals surface area contributed by atoms with Gasteiger partial charge in [0, 0.05) is 18.3 Å². The molecule has 3 aromatic rings. The number of piperidine rings is 1. The van der Waals surface area contributed by atoms with Crippen molar-refractivity contribution in [1.82, 2.24) is 19.9 Å². The molecule has 0 unspecified atom stereocenters. The number of amides is 1. The number of hydrogen-bond donors (Lipinski definition) is 1. The van der Waals surface area contributed by atoms with Gasteiger partial charge in [-0.25, -0.2) is 9.97 Å². The van der Waals surface area contributed by atoms with Gasteiger partial charge in [-0.15, -0.1) is 11.3 Å². The van der Waals surface area contributed by atoms with Crippen LogP contribution in [0, 0.1) is 19.8 Å².